The maximum atomic E-state index is 12.9. The predicted octanol–water partition coefficient (Wildman–Crippen LogP) is 1.62. The molecule has 0 aliphatic carbocycles. The summed E-state index contributed by atoms with van der Waals surface area (Å²) < 4.78 is 34.3. The van der Waals surface area contributed by atoms with Crippen molar-refractivity contribution in [2.45, 2.75) is 4.90 Å². The van der Waals surface area contributed by atoms with Crippen molar-refractivity contribution in [2.24, 2.45) is 0 Å². The van der Waals surface area contributed by atoms with E-state index in [9.17, 15) is 12.8 Å². The zero-order valence-corrected chi connectivity index (χ0v) is 7.73. The summed E-state index contributed by atoms with van der Waals surface area (Å²) in [6.07, 6.45) is 0. The SMILES string of the molecule is N#Cc1ccc(S(=O)(=O)Cl)c(F)c1. The Balaban J connectivity index is 3.40. The normalized spacial score (nSPS) is 10.8. The van der Waals surface area contributed by atoms with Crippen molar-refractivity contribution in [1.29, 1.82) is 5.26 Å². The van der Waals surface area contributed by atoms with Crippen LogP contribution in [0.4, 0.5) is 4.39 Å². The van der Waals surface area contributed by atoms with Crippen LogP contribution >= 0.6 is 10.7 Å². The Morgan fingerprint density at radius 2 is 2.08 bits per heavy atom. The van der Waals surface area contributed by atoms with Gasteiger partial charge >= 0.3 is 0 Å². The monoisotopic (exact) mass is 219 g/mol. The largest absolute Gasteiger partial charge is 0.264 e. The summed E-state index contributed by atoms with van der Waals surface area (Å²) in [6.45, 7) is 0. The first kappa shape index (κ1) is 9.96. The van der Waals surface area contributed by atoms with Gasteiger partial charge in [0.15, 0.2) is 0 Å². The number of nitriles is 1. The highest BCUT2D eigenvalue weighted by Gasteiger charge is 2.15. The molecule has 3 nitrogen and oxygen atoms in total. The smallest absolute Gasteiger partial charge is 0.207 e. The van der Waals surface area contributed by atoms with Crippen molar-refractivity contribution < 1.29 is 12.8 Å². The minimum atomic E-state index is -4.07. The number of rotatable bonds is 1. The summed E-state index contributed by atoms with van der Waals surface area (Å²) in [6, 6.07) is 4.62. The molecule has 1 aromatic rings. The van der Waals surface area contributed by atoms with Gasteiger partial charge in [-0.15, -0.1) is 0 Å². The number of hydrogen-bond donors (Lipinski definition) is 0. The van der Waals surface area contributed by atoms with Gasteiger partial charge in [-0.05, 0) is 18.2 Å². The van der Waals surface area contributed by atoms with E-state index in [1.54, 1.807) is 6.07 Å². The van der Waals surface area contributed by atoms with Crippen molar-refractivity contribution in [3.05, 3.63) is 29.6 Å². The summed E-state index contributed by atoms with van der Waals surface area (Å²) in [5, 5.41) is 8.36. The number of benzene rings is 1. The Labute approximate surface area is 78.8 Å². The Bertz CT molecular complexity index is 478. The van der Waals surface area contributed by atoms with Gasteiger partial charge in [-0.3, -0.25) is 0 Å². The average molecular weight is 220 g/mol. The molecule has 0 aromatic heterocycles. The molecule has 0 amide bonds. The van der Waals surface area contributed by atoms with Crippen LogP contribution in [0.25, 0.3) is 0 Å². The first-order valence-corrected chi connectivity index (χ1v) is 5.40. The highest BCUT2D eigenvalue weighted by atomic mass is 35.7. The van der Waals surface area contributed by atoms with Crippen molar-refractivity contribution in [2.75, 3.05) is 0 Å². The van der Waals surface area contributed by atoms with E-state index in [0.29, 0.717) is 0 Å². The van der Waals surface area contributed by atoms with Crippen molar-refractivity contribution in [3.8, 4) is 6.07 Å². The summed E-state index contributed by atoms with van der Waals surface area (Å²) in [5.74, 6) is -1.02. The van der Waals surface area contributed by atoms with Gasteiger partial charge in [0.25, 0.3) is 9.05 Å². The van der Waals surface area contributed by atoms with Gasteiger partial charge in [0.05, 0.1) is 11.6 Å². The third-order valence-corrected chi connectivity index (χ3v) is 2.68. The van der Waals surface area contributed by atoms with Crippen LogP contribution in [-0.2, 0) is 9.05 Å². The minimum absolute atomic E-state index is 0.0431. The van der Waals surface area contributed by atoms with Crippen LogP contribution in [0.1, 0.15) is 5.56 Å². The molecule has 0 atom stereocenters. The van der Waals surface area contributed by atoms with Crippen molar-refractivity contribution >= 4 is 19.7 Å². The van der Waals surface area contributed by atoms with Crippen LogP contribution in [0.5, 0.6) is 0 Å². The van der Waals surface area contributed by atoms with Crippen LogP contribution in [-0.4, -0.2) is 8.42 Å². The zero-order chi connectivity index (χ0) is 10.1. The summed E-state index contributed by atoms with van der Waals surface area (Å²) >= 11 is 0. The number of hydrogen-bond acceptors (Lipinski definition) is 3. The van der Waals surface area contributed by atoms with E-state index in [0.717, 1.165) is 12.1 Å². The van der Waals surface area contributed by atoms with Crippen molar-refractivity contribution in [1.82, 2.24) is 0 Å². The highest BCUT2D eigenvalue weighted by molar-refractivity contribution is 8.13. The van der Waals surface area contributed by atoms with Gasteiger partial charge < -0.3 is 0 Å². The molecule has 13 heavy (non-hydrogen) atoms. The summed E-state index contributed by atoms with van der Waals surface area (Å²) in [7, 11) is 0.838. The average Bonchev–Trinajstić information content (AvgIpc) is 2.01. The molecule has 68 valence electrons. The van der Waals surface area contributed by atoms with Crippen LogP contribution in [0.2, 0.25) is 0 Å². The maximum Gasteiger partial charge on any atom is 0.264 e. The van der Waals surface area contributed by atoms with E-state index in [1.807, 2.05) is 0 Å². The molecule has 0 N–H and O–H groups in total. The predicted molar refractivity (Wildman–Crippen MR) is 44.2 cm³/mol. The van der Waals surface area contributed by atoms with E-state index in [4.69, 9.17) is 15.9 Å². The lowest BCUT2D eigenvalue weighted by Crippen LogP contribution is -1.95. The quantitative estimate of drug-likeness (QED) is 0.675. The molecule has 0 fully saturated rings. The van der Waals surface area contributed by atoms with Crippen LogP contribution in [0.15, 0.2) is 23.1 Å². The summed E-state index contributed by atoms with van der Waals surface area (Å²) in [4.78, 5) is -0.617. The Morgan fingerprint density at radius 3 is 2.46 bits per heavy atom. The molecular weight excluding hydrogens is 217 g/mol. The fourth-order valence-electron chi connectivity index (χ4n) is 0.768. The topological polar surface area (TPSA) is 57.9 Å². The van der Waals surface area contributed by atoms with E-state index in [2.05, 4.69) is 0 Å². The van der Waals surface area contributed by atoms with E-state index in [-0.39, 0.29) is 5.56 Å². The van der Waals surface area contributed by atoms with Crippen LogP contribution < -0.4 is 0 Å². The molecule has 0 radical (unpaired) electrons. The lowest BCUT2D eigenvalue weighted by molar-refractivity contribution is 0.575. The van der Waals surface area contributed by atoms with Gasteiger partial charge in [0, 0.05) is 10.7 Å². The fourth-order valence-corrected chi connectivity index (χ4v) is 1.67. The maximum absolute atomic E-state index is 12.9. The van der Waals surface area contributed by atoms with Gasteiger partial charge in [-0.2, -0.15) is 5.26 Å². The second-order valence-electron chi connectivity index (χ2n) is 2.19. The minimum Gasteiger partial charge on any atom is -0.207 e. The Morgan fingerprint density at radius 1 is 1.46 bits per heavy atom. The molecule has 0 aliphatic rings. The van der Waals surface area contributed by atoms with Crippen LogP contribution in [0.3, 0.4) is 0 Å². The summed E-state index contributed by atoms with van der Waals surface area (Å²) in [5.41, 5.74) is 0.0431. The van der Waals surface area contributed by atoms with Gasteiger partial charge in [-0.25, -0.2) is 12.8 Å². The molecule has 0 heterocycles. The van der Waals surface area contributed by atoms with E-state index >= 15 is 0 Å². The lowest BCUT2D eigenvalue weighted by Gasteiger charge is -1.97. The Hall–Kier alpha value is -1.12. The lowest BCUT2D eigenvalue weighted by atomic mass is 10.2. The first-order valence-electron chi connectivity index (χ1n) is 3.09. The molecule has 0 spiro atoms. The molecule has 0 unspecified atom stereocenters. The third-order valence-electron chi connectivity index (χ3n) is 1.32. The molecule has 0 bridgehead atoms. The zero-order valence-electron chi connectivity index (χ0n) is 6.16. The first-order chi connectivity index (χ1) is 5.95. The van der Waals surface area contributed by atoms with Gasteiger partial charge in [0.2, 0.25) is 0 Å². The molecule has 1 rings (SSSR count). The van der Waals surface area contributed by atoms with E-state index in [1.165, 1.54) is 6.07 Å². The van der Waals surface area contributed by atoms with Gasteiger partial charge in [-0.1, -0.05) is 0 Å². The standard InChI is InChI=1S/C7H3ClFNO2S/c8-13(11,12)7-2-1-5(4-10)3-6(7)9/h1-3H. The van der Waals surface area contributed by atoms with E-state index < -0.39 is 19.8 Å². The number of nitrogens with zero attached hydrogens (tertiary/aromatic N) is 1. The Kier molecular flexibility index (Phi) is 2.55. The molecule has 0 saturated carbocycles. The second-order valence-corrected chi connectivity index (χ2v) is 4.73. The van der Waals surface area contributed by atoms with Gasteiger partial charge in [0.1, 0.15) is 10.7 Å². The van der Waals surface area contributed by atoms with Crippen molar-refractivity contribution in [3.63, 3.8) is 0 Å². The fraction of sp³-hybridized carbons (Fsp3) is 0. The molecule has 0 saturated heterocycles. The third kappa shape index (κ3) is 2.17. The highest BCUT2D eigenvalue weighted by Crippen LogP contribution is 2.19. The number of halogens is 2. The molecule has 1 aromatic carbocycles. The van der Waals surface area contributed by atoms with Crippen LogP contribution in [0, 0.1) is 17.1 Å². The second kappa shape index (κ2) is 3.32. The molecular formula is C7H3ClFNO2S. The molecule has 0 aliphatic heterocycles. The molecule has 6 heteroatoms.